The van der Waals surface area contributed by atoms with E-state index in [-0.39, 0.29) is 12.6 Å². The van der Waals surface area contributed by atoms with Crippen LogP contribution in [0, 0.1) is 0 Å². The zero-order valence-corrected chi connectivity index (χ0v) is 11.4. The molecular formula is C14H20F3NO. The van der Waals surface area contributed by atoms with E-state index in [0.717, 1.165) is 0 Å². The molecule has 0 bridgehead atoms. The Morgan fingerprint density at radius 2 is 1.68 bits per heavy atom. The third-order valence-corrected chi connectivity index (χ3v) is 2.64. The van der Waals surface area contributed by atoms with E-state index in [0.29, 0.717) is 11.7 Å². The van der Waals surface area contributed by atoms with Gasteiger partial charge >= 0.3 is 6.18 Å². The van der Waals surface area contributed by atoms with Crippen LogP contribution in [0.3, 0.4) is 0 Å². The molecule has 0 fully saturated rings. The lowest BCUT2D eigenvalue weighted by Gasteiger charge is -2.16. The smallest absolute Gasteiger partial charge is 0.401 e. The highest BCUT2D eigenvalue weighted by atomic mass is 19.4. The second-order valence-corrected chi connectivity index (χ2v) is 4.90. The minimum atomic E-state index is -4.18. The number of ether oxygens (including phenoxy) is 1. The largest absolute Gasteiger partial charge is 0.489 e. The number of nitrogens with one attached hydrogen (secondary N) is 1. The van der Waals surface area contributed by atoms with Crippen LogP contribution in [0.15, 0.2) is 24.3 Å². The van der Waals surface area contributed by atoms with Crippen LogP contribution in [0.1, 0.15) is 32.3 Å². The minimum Gasteiger partial charge on any atom is -0.489 e. The fourth-order valence-electron chi connectivity index (χ4n) is 1.62. The van der Waals surface area contributed by atoms with E-state index < -0.39 is 12.7 Å². The molecule has 0 aliphatic rings. The lowest BCUT2D eigenvalue weighted by molar-refractivity contribution is -0.125. The Hall–Kier alpha value is -1.23. The topological polar surface area (TPSA) is 21.3 Å². The summed E-state index contributed by atoms with van der Waals surface area (Å²) in [5.41, 5.74) is 1.20. The van der Waals surface area contributed by atoms with Crippen LogP contribution in [0.5, 0.6) is 5.75 Å². The molecule has 1 N–H and O–H groups in total. The van der Waals surface area contributed by atoms with Gasteiger partial charge in [-0.15, -0.1) is 0 Å². The average Bonchev–Trinajstić information content (AvgIpc) is 2.27. The van der Waals surface area contributed by atoms with Crippen molar-refractivity contribution in [2.24, 2.45) is 0 Å². The Balaban J connectivity index is 2.38. The SMILES string of the molecule is CC(CNCC(F)(F)F)Oc1ccc(C(C)C)cc1. The number of halogens is 3. The van der Waals surface area contributed by atoms with Crippen LogP contribution < -0.4 is 10.1 Å². The molecule has 0 aliphatic heterocycles. The van der Waals surface area contributed by atoms with Crippen molar-refractivity contribution < 1.29 is 17.9 Å². The maximum absolute atomic E-state index is 11.9. The minimum absolute atomic E-state index is 0.158. The van der Waals surface area contributed by atoms with Gasteiger partial charge in [0.2, 0.25) is 0 Å². The van der Waals surface area contributed by atoms with Crippen LogP contribution in [-0.2, 0) is 0 Å². The molecule has 0 aliphatic carbocycles. The maximum Gasteiger partial charge on any atom is 0.401 e. The van der Waals surface area contributed by atoms with E-state index in [2.05, 4.69) is 19.2 Å². The van der Waals surface area contributed by atoms with E-state index >= 15 is 0 Å². The molecule has 2 nitrogen and oxygen atoms in total. The molecule has 108 valence electrons. The maximum atomic E-state index is 11.9. The van der Waals surface area contributed by atoms with Crippen LogP contribution in [0.4, 0.5) is 13.2 Å². The zero-order valence-electron chi connectivity index (χ0n) is 11.4. The van der Waals surface area contributed by atoms with E-state index in [9.17, 15) is 13.2 Å². The van der Waals surface area contributed by atoms with E-state index in [1.54, 1.807) is 6.92 Å². The quantitative estimate of drug-likeness (QED) is 0.854. The predicted molar refractivity (Wildman–Crippen MR) is 69.5 cm³/mol. The van der Waals surface area contributed by atoms with Crippen LogP contribution >= 0.6 is 0 Å². The highest BCUT2D eigenvalue weighted by Gasteiger charge is 2.26. The number of hydrogen-bond acceptors (Lipinski definition) is 2. The van der Waals surface area contributed by atoms with Crippen molar-refractivity contribution in [3.8, 4) is 5.75 Å². The first-order valence-corrected chi connectivity index (χ1v) is 6.32. The van der Waals surface area contributed by atoms with Gasteiger partial charge in [-0.25, -0.2) is 0 Å². The first-order valence-electron chi connectivity index (χ1n) is 6.32. The van der Waals surface area contributed by atoms with Crippen molar-refractivity contribution in [1.29, 1.82) is 0 Å². The highest BCUT2D eigenvalue weighted by Crippen LogP contribution is 2.19. The third-order valence-electron chi connectivity index (χ3n) is 2.64. The number of rotatable bonds is 6. The summed E-state index contributed by atoms with van der Waals surface area (Å²) in [6, 6.07) is 7.62. The van der Waals surface area contributed by atoms with E-state index in [1.165, 1.54) is 5.56 Å². The lowest BCUT2D eigenvalue weighted by atomic mass is 10.0. The average molecular weight is 275 g/mol. The van der Waals surface area contributed by atoms with E-state index in [4.69, 9.17) is 4.74 Å². The van der Waals surface area contributed by atoms with Crippen LogP contribution in [-0.4, -0.2) is 25.4 Å². The van der Waals surface area contributed by atoms with Crippen molar-refractivity contribution in [2.45, 2.75) is 39.0 Å². The van der Waals surface area contributed by atoms with Gasteiger partial charge < -0.3 is 10.1 Å². The van der Waals surface area contributed by atoms with Gasteiger partial charge in [-0.3, -0.25) is 0 Å². The summed E-state index contributed by atoms with van der Waals surface area (Å²) in [4.78, 5) is 0. The first kappa shape index (κ1) is 15.8. The predicted octanol–water partition coefficient (Wildman–Crippen LogP) is 3.73. The number of alkyl halides is 3. The summed E-state index contributed by atoms with van der Waals surface area (Å²) in [6.45, 7) is 5.09. The van der Waals surface area contributed by atoms with Crippen molar-refractivity contribution in [2.75, 3.05) is 13.1 Å². The molecule has 0 amide bonds. The summed E-state index contributed by atoms with van der Waals surface area (Å²) in [5, 5.41) is 2.32. The Morgan fingerprint density at radius 3 is 2.16 bits per heavy atom. The van der Waals surface area contributed by atoms with Crippen molar-refractivity contribution in [3.05, 3.63) is 29.8 Å². The molecule has 0 heterocycles. The molecule has 0 spiro atoms. The third kappa shape index (κ3) is 6.47. The normalized spacial score (nSPS) is 13.6. The molecule has 1 aromatic rings. The Bertz CT molecular complexity index is 373. The summed E-state index contributed by atoms with van der Waals surface area (Å²) in [7, 11) is 0. The Labute approximate surface area is 112 Å². The highest BCUT2D eigenvalue weighted by molar-refractivity contribution is 5.29. The van der Waals surface area contributed by atoms with E-state index in [1.807, 2.05) is 24.3 Å². The van der Waals surface area contributed by atoms with Gasteiger partial charge in [0.05, 0.1) is 6.54 Å². The summed E-state index contributed by atoms with van der Waals surface area (Å²) < 4.78 is 41.4. The summed E-state index contributed by atoms with van der Waals surface area (Å²) in [5.74, 6) is 1.12. The van der Waals surface area contributed by atoms with Gasteiger partial charge in [-0.2, -0.15) is 13.2 Å². The van der Waals surface area contributed by atoms with Gasteiger partial charge in [0, 0.05) is 6.54 Å². The van der Waals surface area contributed by atoms with Crippen molar-refractivity contribution >= 4 is 0 Å². The first-order chi connectivity index (χ1) is 8.78. The van der Waals surface area contributed by atoms with Crippen molar-refractivity contribution in [3.63, 3.8) is 0 Å². The molecule has 19 heavy (non-hydrogen) atoms. The molecule has 1 atom stereocenters. The standard InChI is InChI=1S/C14H20F3NO/c1-10(2)12-4-6-13(7-5-12)19-11(3)8-18-9-14(15,16)17/h4-7,10-11,18H,8-9H2,1-3H3. The second kappa shape index (κ2) is 6.80. The van der Waals surface area contributed by atoms with Gasteiger partial charge in [-0.05, 0) is 30.5 Å². The molecule has 0 radical (unpaired) electrons. The molecule has 0 saturated heterocycles. The zero-order chi connectivity index (χ0) is 14.5. The molecule has 1 aromatic carbocycles. The summed E-state index contributed by atoms with van der Waals surface area (Å²) in [6.07, 6.45) is -4.49. The second-order valence-electron chi connectivity index (χ2n) is 4.90. The fourth-order valence-corrected chi connectivity index (χ4v) is 1.62. The monoisotopic (exact) mass is 275 g/mol. The van der Waals surface area contributed by atoms with Gasteiger partial charge in [0.25, 0.3) is 0 Å². The summed E-state index contributed by atoms with van der Waals surface area (Å²) >= 11 is 0. The van der Waals surface area contributed by atoms with Gasteiger partial charge in [-0.1, -0.05) is 26.0 Å². The molecule has 5 heteroatoms. The van der Waals surface area contributed by atoms with Crippen molar-refractivity contribution in [1.82, 2.24) is 5.32 Å². The molecule has 0 saturated carbocycles. The van der Waals surface area contributed by atoms with Gasteiger partial charge in [0.1, 0.15) is 11.9 Å². The number of hydrogen-bond donors (Lipinski definition) is 1. The number of benzene rings is 1. The van der Waals surface area contributed by atoms with Gasteiger partial charge in [0.15, 0.2) is 0 Å². The molecule has 0 aromatic heterocycles. The Morgan fingerprint density at radius 1 is 1.11 bits per heavy atom. The Kier molecular flexibility index (Phi) is 5.66. The fraction of sp³-hybridized carbons (Fsp3) is 0.571. The molecule has 1 rings (SSSR count). The molecular weight excluding hydrogens is 255 g/mol. The lowest BCUT2D eigenvalue weighted by Crippen LogP contribution is -2.35. The van der Waals surface area contributed by atoms with Crippen LogP contribution in [0.2, 0.25) is 0 Å². The molecule has 1 unspecified atom stereocenters. The van der Waals surface area contributed by atoms with Crippen LogP contribution in [0.25, 0.3) is 0 Å².